The summed E-state index contributed by atoms with van der Waals surface area (Å²) >= 11 is 0. The SMILES string of the molecule is O=C1CC(c2ccc(OC(F)F)c3oc4ccncc4c23)CN1CCCc1ccccc1. The van der Waals surface area contributed by atoms with Crippen LogP contribution in [0.15, 0.2) is 65.3 Å². The standard InChI is InChI=1S/C25H22F2N2O3/c26-25(27)32-21-9-8-18(23-19-14-28-11-10-20(19)31-24(21)23)17-13-22(30)29(15-17)12-4-7-16-5-2-1-3-6-16/h1-3,5-6,8-11,14,17,25H,4,7,12-13,15H2. The van der Waals surface area contributed by atoms with Gasteiger partial charge in [-0.3, -0.25) is 9.78 Å². The average molecular weight is 436 g/mol. The fraction of sp³-hybridized carbons (Fsp3) is 0.280. The molecule has 32 heavy (non-hydrogen) atoms. The van der Waals surface area contributed by atoms with Crippen LogP contribution in [0.5, 0.6) is 5.75 Å². The second kappa shape index (κ2) is 8.57. The predicted molar refractivity (Wildman–Crippen MR) is 117 cm³/mol. The lowest BCUT2D eigenvalue weighted by Crippen LogP contribution is -2.26. The number of carbonyl (C=O) groups excluding carboxylic acids is 1. The molecule has 1 atom stereocenters. The number of ether oxygens (including phenoxy) is 1. The summed E-state index contributed by atoms with van der Waals surface area (Å²) in [5, 5.41) is 1.42. The maximum absolute atomic E-state index is 12.9. The van der Waals surface area contributed by atoms with E-state index in [0.717, 1.165) is 23.8 Å². The number of fused-ring (bicyclic) bond motifs is 3. The van der Waals surface area contributed by atoms with Gasteiger partial charge in [-0.15, -0.1) is 0 Å². The van der Waals surface area contributed by atoms with Gasteiger partial charge in [-0.1, -0.05) is 36.4 Å². The summed E-state index contributed by atoms with van der Waals surface area (Å²) in [6, 6.07) is 15.2. The highest BCUT2D eigenvalue weighted by molar-refractivity contribution is 6.08. The first-order chi connectivity index (χ1) is 15.6. The molecule has 0 bridgehead atoms. The van der Waals surface area contributed by atoms with Crippen molar-refractivity contribution in [3.8, 4) is 5.75 Å². The highest BCUT2D eigenvalue weighted by atomic mass is 19.3. The van der Waals surface area contributed by atoms with Crippen LogP contribution in [0.4, 0.5) is 8.78 Å². The van der Waals surface area contributed by atoms with E-state index in [4.69, 9.17) is 4.42 Å². The van der Waals surface area contributed by atoms with Gasteiger partial charge >= 0.3 is 6.61 Å². The lowest BCUT2D eigenvalue weighted by atomic mass is 9.93. The van der Waals surface area contributed by atoms with Crippen LogP contribution >= 0.6 is 0 Å². The van der Waals surface area contributed by atoms with Crippen molar-refractivity contribution in [2.24, 2.45) is 0 Å². The number of halogens is 2. The zero-order chi connectivity index (χ0) is 22.1. The molecule has 1 fully saturated rings. The van der Waals surface area contributed by atoms with Gasteiger partial charge < -0.3 is 14.1 Å². The molecule has 0 radical (unpaired) electrons. The van der Waals surface area contributed by atoms with Crippen molar-refractivity contribution in [2.75, 3.05) is 13.1 Å². The molecule has 0 saturated carbocycles. The Morgan fingerprint density at radius 3 is 2.81 bits per heavy atom. The van der Waals surface area contributed by atoms with Gasteiger partial charge in [-0.25, -0.2) is 0 Å². The van der Waals surface area contributed by atoms with Crippen LogP contribution in [0.1, 0.15) is 29.9 Å². The number of nitrogens with zero attached hydrogens (tertiary/aromatic N) is 2. The number of hydrogen-bond acceptors (Lipinski definition) is 4. The first kappa shape index (κ1) is 20.4. The van der Waals surface area contributed by atoms with Crippen LogP contribution in [0.3, 0.4) is 0 Å². The minimum Gasteiger partial charge on any atom is -0.452 e. The third-order valence-electron chi connectivity index (χ3n) is 6.02. The third kappa shape index (κ3) is 3.90. The van der Waals surface area contributed by atoms with Crippen molar-refractivity contribution >= 4 is 27.8 Å². The number of hydrogen-bond donors (Lipinski definition) is 0. The van der Waals surface area contributed by atoms with Crippen molar-refractivity contribution in [1.29, 1.82) is 0 Å². The van der Waals surface area contributed by atoms with E-state index >= 15 is 0 Å². The van der Waals surface area contributed by atoms with Crippen molar-refractivity contribution in [3.63, 3.8) is 0 Å². The first-order valence-corrected chi connectivity index (χ1v) is 10.7. The molecule has 1 unspecified atom stereocenters. The Morgan fingerprint density at radius 1 is 1.16 bits per heavy atom. The Morgan fingerprint density at radius 2 is 2.00 bits per heavy atom. The van der Waals surface area contributed by atoms with Gasteiger partial charge in [-0.2, -0.15) is 8.78 Å². The van der Waals surface area contributed by atoms with Gasteiger partial charge in [-0.05, 0) is 36.1 Å². The number of pyridine rings is 1. The fourth-order valence-electron chi connectivity index (χ4n) is 4.57. The minimum absolute atomic E-state index is 0.0148. The van der Waals surface area contributed by atoms with Crippen LogP contribution in [0.2, 0.25) is 0 Å². The van der Waals surface area contributed by atoms with Gasteiger partial charge in [0.05, 0.1) is 0 Å². The number of rotatable bonds is 7. The van der Waals surface area contributed by atoms with Crippen LogP contribution in [-0.2, 0) is 11.2 Å². The van der Waals surface area contributed by atoms with Crippen LogP contribution < -0.4 is 4.74 Å². The molecule has 1 aliphatic rings. The van der Waals surface area contributed by atoms with E-state index < -0.39 is 6.61 Å². The Kier molecular flexibility index (Phi) is 5.47. The summed E-state index contributed by atoms with van der Waals surface area (Å²) in [5.41, 5.74) is 2.96. The number of benzene rings is 2. The van der Waals surface area contributed by atoms with E-state index in [1.807, 2.05) is 23.1 Å². The van der Waals surface area contributed by atoms with Gasteiger partial charge in [0.2, 0.25) is 5.91 Å². The second-order valence-corrected chi connectivity index (χ2v) is 8.04. The molecule has 2 aromatic carbocycles. The topological polar surface area (TPSA) is 55.6 Å². The lowest BCUT2D eigenvalue weighted by molar-refractivity contribution is -0.127. The van der Waals surface area contributed by atoms with Crippen LogP contribution in [0.25, 0.3) is 21.9 Å². The molecule has 0 spiro atoms. The summed E-state index contributed by atoms with van der Waals surface area (Å²) in [5.74, 6) is 0.0392. The summed E-state index contributed by atoms with van der Waals surface area (Å²) in [6.45, 7) is -1.68. The van der Waals surface area contributed by atoms with Gasteiger partial charge in [0.1, 0.15) is 5.58 Å². The average Bonchev–Trinajstić information content (AvgIpc) is 3.36. The minimum atomic E-state index is -2.96. The molecule has 164 valence electrons. The first-order valence-electron chi connectivity index (χ1n) is 10.7. The van der Waals surface area contributed by atoms with E-state index in [9.17, 15) is 13.6 Å². The normalized spacial score (nSPS) is 16.5. The van der Waals surface area contributed by atoms with Crippen molar-refractivity contribution in [1.82, 2.24) is 9.88 Å². The molecular weight excluding hydrogens is 414 g/mol. The van der Waals surface area contributed by atoms with Crippen molar-refractivity contribution < 1.29 is 22.7 Å². The van der Waals surface area contributed by atoms with E-state index in [1.54, 1.807) is 24.5 Å². The summed E-state index contributed by atoms with van der Waals surface area (Å²) in [7, 11) is 0. The lowest BCUT2D eigenvalue weighted by Gasteiger charge is -2.17. The summed E-state index contributed by atoms with van der Waals surface area (Å²) < 4.78 is 36.4. The zero-order valence-electron chi connectivity index (χ0n) is 17.3. The van der Waals surface area contributed by atoms with E-state index in [1.165, 1.54) is 11.6 Å². The van der Waals surface area contributed by atoms with Crippen LogP contribution in [0, 0.1) is 0 Å². The number of amides is 1. The third-order valence-corrected chi connectivity index (χ3v) is 6.02. The summed E-state index contributed by atoms with van der Waals surface area (Å²) in [4.78, 5) is 18.8. The molecule has 0 aliphatic carbocycles. The van der Waals surface area contributed by atoms with Crippen molar-refractivity contribution in [3.05, 3.63) is 72.1 Å². The Hall–Kier alpha value is -3.48. The molecule has 1 saturated heterocycles. The highest BCUT2D eigenvalue weighted by Gasteiger charge is 2.32. The number of aryl methyl sites for hydroxylation is 1. The molecule has 5 rings (SSSR count). The predicted octanol–water partition coefficient (Wildman–Crippen LogP) is 5.53. The smallest absolute Gasteiger partial charge is 0.387 e. The monoisotopic (exact) mass is 436 g/mol. The Balaban J connectivity index is 1.41. The maximum atomic E-state index is 12.9. The number of aromatic nitrogens is 1. The number of carbonyl (C=O) groups is 1. The summed E-state index contributed by atoms with van der Waals surface area (Å²) in [6.07, 6.45) is 5.42. The number of alkyl halides is 2. The molecular formula is C25H22F2N2O3. The van der Waals surface area contributed by atoms with E-state index in [-0.39, 0.29) is 23.2 Å². The molecule has 1 aliphatic heterocycles. The van der Waals surface area contributed by atoms with Crippen LogP contribution in [-0.4, -0.2) is 35.5 Å². The number of likely N-dealkylation sites (tertiary alicyclic amines) is 1. The second-order valence-electron chi connectivity index (χ2n) is 8.04. The van der Waals surface area contributed by atoms with E-state index in [0.29, 0.717) is 30.5 Å². The quantitative estimate of drug-likeness (QED) is 0.382. The largest absolute Gasteiger partial charge is 0.452 e. The number of furan rings is 1. The Bertz CT molecular complexity index is 1260. The van der Waals surface area contributed by atoms with E-state index in [2.05, 4.69) is 21.9 Å². The maximum Gasteiger partial charge on any atom is 0.387 e. The molecule has 0 N–H and O–H groups in total. The molecule has 3 heterocycles. The zero-order valence-corrected chi connectivity index (χ0v) is 17.3. The van der Waals surface area contributed by atoms with Gasteiger partial charge in [0, 0.05) is 48.6 Å². The Labute approximate surface area is 183 Å². The molecule has 4 aromatic rings. The molecule has 5 nitrogen and oxygen atoms in total. The molecule has 7 heteroatoms. The highest BCUT2D eigenvalue weighted by Crippen LogP contribution is 2.42. The van der Waals surface area contributed by atoms with Gasteiger partial charge in [0.25, 0.3) is 0 Å². The fourth-order valence-corrected chi connectivity index (χ4v) is 4.57. The molecule has 2 aromatic heterocycles. The van der Waals surface area contributed by atoms with Gasteiger partial charge in [0.15, 0.2) is 11.3 Å². The van der Waals surface area contributed by atoms with Crippen molar-refractivity contribution in [2.45, 2.75) is 31.8 Å². The molecule has 1 amide bonds.